The van der Waals surface area contributed by atoms with Gasteiger partial charge in [0.1, 0.15) is 5.75 Å². The molecule has 1 aliphatic rings. The van der Waals surface area contributed by atoms with Gasteiger partial charge in [0, 0.05) is 6.54 Å². The molecule has 18 heavy (non-hydrogen) atoms. The molecule has 100 valence electrons. The Morgan fingerprint density at radius 1 is 1.44 bits per heavy atom. The first-order valence-corrected chi connectivity index (χ1v) is 6.88. The highest BCUT2D eigenvalue weighted by atomic mass is 16.5. The third-order valence-corrected chi connectivity index (χ3v) is 3.94. The molecule has 0 heterocycles. The molecule has 1 aromatic rings. The highest BCUT2D eigenvalue weighted by Gasteiger charge is 2.34. The van der Waals surface area contributed by atoms with Gasteiger partial charge in [0.2, 0.25) is 0 Å². The zero-order chi connectivity index (χ0) is 13.0. The second-order valence-electron chi connectivity index (χ2n) is 5.09. The Kier molecular flexibility index (Phi) is 4.25. The number of nitrogens with two attached hydrogens (primary N) is 1. The van der Waals surface area contributed by atoms with Gasteiger partial charge in [0.05, 0.1) is 12.6 Å². The highest BCUT2D eigenvalue weighted by molar-refractivity contribution is 5.42. The van der Waals surface area contributed by atoms with Crippen LogP contribution in [0, 0.1) is 0 Å². The maximum atomic E-state index is 6.08. The summed E-state index contributed by atoms with van der Waals surface area (Å²) in [6.45, 7) is 3.84. The molecule has 0 aliphatic heterocycles. The third-order valence-electron chi connectivity index (χ3n) is 3.94. The molecule has 0 bridgehead atoms. The van der Waals surface area contributed by atoms with Crippen LogP contribution in [-0.4, -0.2) is 20.2 Å². The van der Waals surface area contributed by atoms with Crippen LogP contribution >= 0.6 is 0 Å². The number of aryl methyl sites for hydroxylation is 1. The van der Waals surface area contributed by atoms with Gasteiger partial charge in [-0.2, -0.15) is 0 Å². The van der Waals surface area contributed by atoms with Gasteiger partial charge in [0.15, 0.2) is 0 Å². The van der Waals surface area contributed by atoms with E-state index in [1.165, 1.54) is 17.5 Å². The summed E-state index contributed by atoms with van der Waals surface area (Å²) in [5, 5.41) is 3.66. The SMILES string of the molecule is CCCNC1(CN)CCCc2ccc(OC)cc21. The number of ether oxygens (including phenoxy) is 1. The average molecular weight is 248 g/mol. The molecule has 0 spiro atoms. The molecular formula is C15H24N2O. The van der Waals surface area contributed by atoms with Crippen LogP contribution in [0.1, 0.15) is 37.3 Å². The summed E-state index contributed by atoms with van der Waals surface area (Å²) in [6, 6.07) is 6.39. The van der Waals surface area contributed by atoms with Gasteiger partial charge >= 0.3 is 0 Å². The Hall–Kier alpha value is -1.06. The molecule has 0 radical (unpaired) electrons. The van der Waals surface area contributed by atoms with Crippen molar-refractivity contribution in [2.75, 3.05) is 20.2 Å². The second-order valence-corrected chi connectivity index (χ2v) is 5.09. The van der Waals surface area contributed by atoms with E-state index in [-0.39, 0.29) is 5.54 Å². The quantitative estimate of drug-likeness (QED) is 0.839. The van der Waals surface area contributed by atoms with Gasteiger partial charge in [-0.25, -0.2) is 0 Å². The first kappa shape index (κ1) is 13.4. The largest absolute Gasteiger partial charge is 0.497 e. The lowest BCUT2D eigenvalue weighted by Gasteiger charge is -2.39. The fourth-order valence-electron chi connectivity index (χ4n) is 2.89. The lowest BCUT2D eigenvalue weighted by atomic mass is 9.76. The average Bonchev–Trinajstić information content (AvgIpc) is 2.44. The Morgan fingerprint density at radius 3 is 2.94 bits per heavy atom. The number of hydrogen-bond donors (Lipinski definition) is 2. The second kappa shape index (κ2) is 5.72. The molecule has 3 heteroatoms. The van der Waals surface area contributed by atoms with E-state index in [1.54, 1.807) is 7.11 Å². The Bertz CT molecular complexity index is 405. The fraction of sp³-hybridized carbons (Fsp3) is 0.600. The predicted octanol–water partition coefficient (Wildman–Crippen LogP) is 2.19. The van der Waals surface area contributed by atoms with Gasteiger partial charge < -0.3 is 15.8 Å². The summed E-state index contributed by atoms with van der Waals surface area (Å²) in [5.74, 6) is 0.923. The smallest absolute Gasteiger partial charge is 0.119 e. The molecule has 3 nitrogen and oxygen atoms in total. The lowest BCUT2D eigenvalue weighted by Crippen LogP contribution is -2.50. The van der Waals surface area contributed by atoms with Crippen LogP contribution in [0.5, 0.6) is 5.75 Å². The highest BCUT2D eigenvalue weighted by Crippen LogP contribution is 2.36. The number of benzene rings is 1. The molecule has 0 saturated heterocycles. The van der Waals surface area contributed by atoms with Crippen molar-refractivity contribution in [2.24, 2.45) is 5.73 Å². The van der Waals surface area contributed by atoms with E-state index in [2.05, 4.69) is 24.4 Å². The number of methoxy groups -OCH3 is 1. The number of rotatable bonds is 5. The molecule has 0 amide bonds. The molecule has 1 atom stereocenters. The summed E-state index contributed by atoms with van der Waals surface area (Å²) in [6.07, 6.45) is 4.59. The van der Waals surface area contributed by atoms with Crippen molar-refractivity contribution in [3.63, 3.8) is 0 Å². The molecule has 2 rings (SSSR count). The first-order chi connectivity index (χ1) is 8.75. The first-order valence-electron chi connectivity index (χ1n) is 6.88. The van der Waals surface area contributed by atoms with E-state index >= 15 is 0 Å². The van der Waals surface area contributed by atoms with Crippen LogP contribution in [0.15, 0.2) is 18.2 Å². The number of nitrogens with one attached hydrogen (secondary N) is 1. The molecule has 1 aliphatic carbocycles. The zero-order valence-corrected chi connectivity index (χ0v) is 11.5. The van der Waals surface area contributed by atoms with E-state index in [9.17, 15) is 0 Å². The Labute approximate surface area is 110 Å². The summed E-state index contributed by atoms with van der Waals surface area (Å²) in [5.41, 5.74) is 8.77. The molecule has 1 unspecified atom stereocenters. The van der Waals surface area contributed by atoms with Gasteiger partial charge in [0.25, 0.3) is 0 Å². The summed E-state index contributed by atoms with van der Waals surface area (Å²) >= 11 is 0. The van der Waals surface area contributed by atoms with Crippen LogP contribution in [0.3, 0.4) is 0 Å². The van der Waals surface area contributed by atoms with Crippen LogP contribution in [-0.2, 0) is 12.0 Å². The molecule has 0 aromatic heterocycles. The van der Waals surface area contributed by atoms with Crippen LogP contribution in [0.25, 0.3) is 0 Å². The monoisotopic (exact) mass is 248 g/mol. The Morgan fingerprint density at radius 2 is 2.28 bits per heavy atom. The summed E-state index contributed by atoms with van der Waals surface area (Å²) in [4.78, 5) is 0. The minimum atomic E-state index is -0.0574. The maximum Gasteiger partial charge on any atom is 0.119 e. The minimum Gasteiger partial charge on any atom is -0.497 e. The third kappa shape index (κ3) is 2.38. The van der Waals surface area contributed by atoms with E-state index in [4.69, 9.17) is 10.5 Å². The molecular weight excluding hydrogens is 224 g/mol. The van der Waals surface area contributed by atoms with Crippen molar-refractivity contribution in [3.8, 4) is 5.75 Å². The normalized spacial score (nSPS) is 22.6. The lowest BCUT2D eigenvalue weighted by molar-refractivity contribution is 0.291. The zero-order valence-electron chi connectivity index (χ0n) is 11.5. The predicted molar refractivity (Wildman–Crippen MR) is 75.0 cm³/mol. The minimum absolute atomic E-state index is 0.0574. The molecule has 0 saturated carbocycles. The van der Waals surface area contributed by atoms with Crippen molar-refractivity contribution in [1.29, 1.82) is 0 Å². The molecule has 0 fully saturated rings. The van der Waals surface area contributed by atoms with Crippen molar-refractivity contribution in [3.05, 3.63) is 29.3 Å². The van der Waals surface area contributed by atoms with Gasteiger partial charge in [-0.15, -0.1) is 0 Å². The summed E-state index contributed by atoms with van der Waals surface area (Å²) in [7, 11) is 1.72. The van der Waals surface area contributed by atoms with Gasteiger partial charge in [-0.05, 0) is 55.5 Å². The van der Waals surface area contributed by atoms with Crippen molar-refractivity contribution < 1.29 is 4.74 Å². The summed E-state index contributed by atoms with van der Waals surface area (Å²) < 4.78 is 5.35. The van der Waals surface area contributed by atoms with E-state index in [0.717, 1.165) is 31.6 Å². The molecule has 1 aromatic carbocycles. The number of fused-ring (bicyclic) bond motifs is 1. The fourth-order valence-corrected chi connectivity index (χ4v) is 2.89. The topological polar surface area (TPSA) is 47.3 Å². The van der Waals surface area contributed by atoms with Crippen molar-refractivity contribution >= 4 is 0 Å². The van der Waals surface area contributed by atoms with Gasteiger partial charge in [-0.1, -0.05) is 13.0 Å². The van der Waals surface area contributed by atoms with E-state index in [1.807, 2.05) is 6.07 Å². The Balaban J connectivity index is 2.39. The standard InChI is InChI=1S/C15H24N2O/c1-3-9-17-15(11-16)8-4-5-12-6-7-13(18-2)10-14(12)15/h6-7,10,17H,3-5,8-9,11,16H2,1-2H3. The van der Waals surface area contributed by atoms with E-state index < -0.39 is 0 Å². The van der Waals surface area contributed by atoms with Crippen molar-refractivity contribution in [2.45, 2.75) is 38.1 Å². The number of hydrogen-bond acceptors (Lipinski definition) is 3. The van der Waals surface area contributed by atoms with Gasteiger partial charge in [-0.3, -0.25) is 0 Å². The van der Waals surface area contributed by atoms with E-state index in [0.29, 0.717) is 6.54 Å². The van der Waals surface area contributed by atoms with Crippen LogP contribution in [0.2, 0.25) is 0 Å². The van der Waals surface area contributed by atoms with Crippen molar-refractivity contribution in [1.82, 2.24) is 5.32 Å². The molecule has 3 N–H and O–H groups in total. The van der Waals surface area contributed by atoms with Crippen LogP contribution in [0.4, 0.5) is 0 Å². The van der Waals surface area contributed by atoms with Crippen LogP contribution < -0.4 is 15.8 Å². The maximum absolute atomic E-state index is 6.08.